The van der Waals surface area contributed by atoms with Gasteiger partial charge in [-0.3, -0.25) is 14.4 Å². The molecular formula is C27H19FN2O3. The first-order valence-electron chi connectivity index (χ1n) is 10.8. The molecule has 2 saturated heterocycles. The Kier molecular flexibility index (Phi) is 4.30. The van der Waals surface area contributed by atoms with E-state index in [0.29, 0.717) is 5.56 Å². The van der Waals surface area contributed by atoms with Crippen molar-refractivity contribution in [3.63, 3.8) is 0 Å². The van der Waals surface area contributed by atoms with Gasteiger partial charge in [0.2, 0.25) is 11.8 Å². The van der Waals surface area contributed by atoms with E-state index in [1.807, 2.05) is 47.4 Å². The average molecular weight is 438 g/mol. The number of anilines is 2. The van der Waals surface area contributed by atoms with Gasteiger partial charge in [0, 0.05) is 11.3 Å². The summed E-state index contributed by atoms with van der Waals surface area (Å²) in [6.45, 7) is 0. The third-order valence-electron chi connectivity index (χ3n) is 6.84. The Morgan fingerprint density at radius 2 is 1.39 bits per heavy atom. The van der Waals surface area contributed by atoms with Crippen LogP contribution in [0, 0.1) is 17.7 Å². The summed E-state index contributed by atoms with van der Waals surface area (Å²) in [6.07, 6.45) is 3.81. The second-order valence-electron chi connectivity index (χ2n) is 8.51. The van der Waals surface area contributed by atoms with Gasteiger partial charge >= 0.3 is 0 Å². The Morgan fingerprint density at radius 3 is 2.15 bits per heavy atom. The number of halogens is 1. The molecular weight excluding hydrogens is 419 g/mol. The monoisotopic (exact) mass is 438 g/mol. The van der Waals surface area contributed by atoms with Crippen molar-refractivity contribution in [3.05, 3.63) is 102 Å². The SMILES string of the molecule is O=C(c1ccccc1)C1C2C(=O)N(c3ccccc3F)C(=O)C2C2C=Cc3ccccc3N21. The molecule has 4 atom stereocenters. The molecule has 3 aromatic rings. The van der Waals surface area contributed by atoms with Gasteiger partial charge in [0.05, 0.1) is 23.6 Å². The number of nitrogens with zero attached hydrogens (tertiary/aromatic N) is 2. The smallest absolute Gasteiger partial charge is 0.240 e. The lowest BCUT2D eigenvalue weighted by Gasteiger charge is -2.36. The molecule has 162 valence electrons. The van der Waals surface area contributed by atoms with Crippen LogP contribution in [0.5, 0.6) is 0 Å². The molecule has 4 unspecified atom stereocenters. The molecule has 33 heavy (non-hydrogen) atoms. The van der Waals surface area contributed by atoms with Gasteiger partial charge in [-0.15, -0.1) is 0 Å². The van der Waals surface area contributed by atoms with Crippen molar-refractivity contribution in [3.8, 4) is 0 Å². The largest absolute Gasteiger partial charge is 0.352 e. The van der Waals surface area contributed by atoms with E-state index in [9.17, 15) is 18.8 Å². The van der Waals surface area contributed by atoms with Crippen molar-refractivity contribution < 1.29 is 18.8 Å². The highest BCUT2D eigenvalue weighted by Gasteiger charge is 2.64. The highest BCUT2D eigenvalue weighted by molar-refractivity contribution is 6.25. The number of fused-ring (bicyclic) bond motifs is 5. The molecule has 6 heteroatoms. The summed E-state index contributed by atoms with van der Waals surface area (Å²) in [5.74, 6) is -3.58. The maximum atomic E-state index is 14.6. The number of benzene rings is 3. The summed E-state index contributed by atoms with van der Waals surface area (Å²) in [6, 6.07) is 20.8. The topological polar surface area (TPSA) is 57.7 Å². The fraction of sp³-hybridized carbons (Fsp3) is 0.148. The fourth-order valence-electron chi connectivity index (χ4n) is 5.46. The molecule has 3 heterocycles. The number of hydrogen-bond donors (Lipinski definition) is 0. The zero-order valence-corrected chi connectivity index (χ0v) is 17.5. The summed E-state index contributed by atoms with van der Waals surface area (Å²) in [4.78, 5) is 43.9. The minimum atomic E-state index is -0.911. The van der Waals surface area contributed by atoms with Crippen LogP contribution < -0.4 is 9.80 Å². The number of Topliss-reactive ketones (excluding diaryl/α,β-unsaturated/α-hetero) is 1. The van der Waals surface area contributed by atoms with Gasteiger partial charge in [-0.25, -0.2) is 9.29 Å². The lowest BCUT2D eigenvalue weighted by molar-refractivity contribution is -0.122. The van der Waals surface area contributed by atoms with E-state index >= 15 is 0 Å². The number of hydrogen-bond acceptors (Lipinski definition) is 4. The van der Waals surface area contributed by atoms with Crippen molar-refractivity contribution in [2.24, 2.45) is 11.8 Å². The van der Waals surface area contributed by atoms with E-state index in [0.717, 1.165) is 16.2 Å². The molecule has 2 amide bonds. The Hall–Kier alpha value is -4.06. The standard InChI is InChI=1S/C27H19FN2O3/c28-18-11-5-7-13-20(18)30-26(32)22-21-15-14-16-8-4-6-12-19(16)29(21)24(23(22)27(30)33)25(31)17-9-2-1-3-10-17/h1-15,21-24H. The van der Waals surface area contributed by atoms with Crippen molar-refractivity contribution in [1.82, 2.24) is 0 Å². The number of carbonyl (C=O) groups is 3. The van der Waals surface area contributed by atoms with Crippen molar-refractivity contribution in [2.45, 2.75) is 12.1 Å². The first-order valence-corrected chi connectivity index (χ1v) is 10.8. The number of imide groups is 1. The van der Waals surface area contributed by atoms with Crippen LogP contribution in [0.15, 0.2) is 84.9 Å². The van der Waals surface area contributed by atoms with Crippen LogP contribution in [0.3, 0.4) is 0 Å². The number of ketones is 1. The van der Waals surface area contributed by atoms with Crippen LogP contribution >= 0.6 is 0 Å². The summed E-state index contributed by atoms with van der Waals surface area (Å²) in [5.41, 5.74) is 2.13. The molecule has 6 rings (SSSR count). The normalized spacial score (nSPS) is 25.1. The minimum absolute atomic E-state index is 0.0699. The Bertz CT molecular complexity index is 1340. The van der Waals surface area contributed by atoms with Crippen molar-refractivity contribution in [1.29, 1.82) is 0 Å². The second-order valence-corrected chi connectivity index (χ2v) is 8.51. The lowest BCUT2D eigenvalue weighted by atomic mass is 9.86. The van der Waals surface area contributed by atoms with Crippen molar-refractivity contribution in [2.75, 3.05) is 9.80 Å². The molecule has 3 aliphatic heterocycles. The molecule has 0 spiro atoms. The Labute approximate surface area is 189 Å². The molecule has 0 aromatic heterocycles. The van der Waals surface area contributed by atoms with E-state index in [4.69, 9.17) is 0 Å². The summed E-state index contributed by atoms with van der Waals surface area (Å²) < 4.78 is 14.6. The average Bonchev–Trinajstić information content (AvgIpc) is 3.32. The van der Waals surface area contributed by atoms with Crippen LogP contribution in [-0.4, -0.2) is 29.7 Å². The number of carbonyl (C=O) groups excluding carboxylic acids is 3. The summed E-state index contributed by atoms with van der Waals surface area (Å²) in [5, 5.41) is 0. The first-order chi connectivity index (χ1) is 16.1. The van der Waals surface area contributed by atoms with Crippen molar-refractivity contribution >= 4 is 35.0 Å². The summed E-state index contributed by atoms with van der Waals surface area (Å²) >= 11 is 0. The van der Waals surface area contributed by atoms with E-state index in [-0.39, 0.29) is 11.5 Å². The molecule has 0 saturated carbocycles. The summed E-state index contributed by atoms with van der Waals surface area (Å²) in [7, 11) is 0. The molecule has 2 fully saturated rings. The molecule has 0 radical (unpaired) electrons. The predicted molar refractivity (Wildman–Crippen MR) is 122 cm³/mol. The minimum Gasteiger partial charge on any atom is -0.352 e. The highest BCUT2D eigenvalue weighted by atomic mass is 19.1. The predicted octanol–water partition coefficient (Wildman–Crippen LogP) is 4.10. The zero-order chi connectivity index (χ0) is 22.7. The second kappa shape index (κ2) is 7.24. The van der Waals surface area contributed by atoms with E-state index in [2.05, 4.69) is 0 Å². The maximum absolute atomic E-state index is 14.6. The van der Waals surface area contributed by atoms with E-state index in [1.54, 1.807) is 30.3 Å². The van der Waals surface area contributed by atoms with Gasteiger partial charge < -0.3 is 4.90 Å². The first kappa shape index (κ1) is 19.6. The fourth-order valence-corrected chi connectivity index (χ4v) is 5.46. The molecule has 0 aliphatic carbocycles. The van der Waals surface area contributed by atoms with E-state index < -0.39 is 41.6 Å². The van der Waals surface area contributed by atoms with Crippen LogP contribution in [0.2, 0.25) is 0 Å². The third-order valence-corrected chi connectivity index (χ3v) is 6.84. The number of amides is 2. The molecule has 0 bridgehead atoms. The van der Waals surface area contributed by atoms with Crippen LogP contribution in [0.1, 0.15) is 15.9 Å². The van der Waals surface area contributed by atoms with Gasteiger partial charge in [0.15, 0.2) is 5.78 Å². The van der Waals surface area contributed by atoms with Crippen LogP contribution in [0.25, 0.3) is 6.08 Å². The highest BCUT2D eigenvalue weighted by Crippen LogP contribution is 2.49. The van der Waals surface area contributed by atoms with Crippen LogP contribution in [0.4, 0.5) is 15.8 Å². The third kappa shape index (κ3) is 2.73. The Morgan fingerprint density at radius 1 is 0.758 bits per heavy atom. The van der Waals surface area contributed by atoms with Gasteiger partial charge in [0.25, 0.3) is 0 Å². The molecule has 3 aromatic carbocycles. The molecule has 5 nitrogen and oxygen atoms in total. The number of para-hydroxylation sites is 2. The zero-order valence-electron chi connectivity index (χ0n) is 17.5. The lowest BCUT2D eigenvalue weighted by Crippen LogP contribution is -2.49. The maximum Gasteiger partial charge on any atom is 0.240 e. The molecule has 0 N–H and O–H groups in total. The van der Waals surface area contributed by atoms with Crippen LogP contribution in [-0.2, 0) is 9.59 Å². The Balaban J connectivity index is 1.52. The number of rotatable bonds is 3. The molecule has 3 aliphatic rings. The van der Waals surface area contributed by atoms with E-state index in [1.165, 1.54) is 18.2 Å². The van der Waals surface area contributed by atoms with Gasteiger partial charge in [-0.05, 0) is 23.8 Å². The van der Waals surface area contributed by atoms with Gasteiger partial charge in [-0.2, -0.15) is 0 Å². The van der Waals surface area contributed by atoms with Gasteiger partial charge in [-0.1, -0.05) is 72.8 Å². The quantitative estimate of drug-likeness (QED) is 0.457. The van der Waals surface area contributed by atoms with Gasteiger partial charge in [0.1, 0.15) is 11.9 Å².